The number of piperazine rings is 1. The van der Waals surface area contributed by atoms with Crippen molar-refractivity contribution in [3.8, 4) is 0 Å². The minimum absolute atomic E-state index is 0.0160. The van der Waals surface area contributed by atoms with Gasteiger partial charge in [0.15, 0.2) is 5.16 Å². The van der Waals surface area contributed by atoms with Crippen LogP contribution >= 0.6 is 11.8 Å². The second-order valence-corrected chi connectivity index (χ2v) is 8.51. The Labute approximate surface area is 177 Å². The van der Waals surface area contributed by atoms with Crippen LogP contribution in [-0.2, 0) is 17.5 Å². The first kappa shape index (κ1) is 21.0. The fourth-order valence-corrected chi connectivity index (χ4v) is 4.57. The monoisotopic (exact) mass is 439 g/mol. The van der Waals surface area contributed by atoms with E-state index < -0.39 is 11.7 Å². The molecule has 0 N–H and O–H groups in total. The summed E-state index contributed by atoms with van der Waals surface area (Å²) in [4.78, 5) is 16.3. The topological polar surface area (TPSA) is 54.3 Å². The van der Waals surface area contributed by atoms with E-state index in [4.69, 9.17) is 0 Å². The van der Waals surface area contributed by atoms with Crippen LogP contribution in [0.15, 0.2) is 29.4 Å². The number of rotatable bonds is 6. The number of thioether (sulfide) groups is 1. The van der Waals surface area contributed by atoms with Gasteiger partial charge in [-0.1, -0.05) is 17.8 Å². The molecule has 162 valence electrons. The van der Waals surface area contributed by atoms with E-state index in [1.54, 1.807) is 11.0 Å². The summed E-state index contributed by atoms with van der Waals surface area (Å²) in [7, 11) is 0. The Morgan fingerprint density at radius 1 is 1.17 bits per heavy atom. The fraction of sp³-hybridized carbons (Fsp3) is 0.550. The molecule has 1 aromatic heterocycles. The Morgan fingerprint density at radius 3 is 2.53 bits per heavy atom. The number of aromatic nitrogens is 3. The third-order valence-electron chi connectivity index (χ3n) is 5.50. The molecule has 2 heterocycles. The standard InChI is InChI=1S/C20H24F3N5OS/c1-2-28-18(14-6-7-14)24-25-19(28)30-13-17(29)27-10-8-26(9-11-27)16-5-3-4-15(12-16)20(21,22)23/h3-5,12,14H,2,6-11,13H2,1H3. The van der Waals surface area contributed by atoms with E-state index >= 15 is 0 Å². The Bertz CT molecular complexity index is 904. The van der Waals surface area contributed by atoms with Gasteiger partial charge in [-0.25, -0.2) is 0 Å². The van der Waals surface area contributed by atoms with E-state index in [-0.39, 0.29) is 11.7 Å². The molecule has 30 heavy (non-hydrogen) atoms. The van der Waals surface area contributed by atoms with E-state index in [1.165, 1.54) is 23.9 Å². The molecule has 10 heteroatoms. The van der Waals surface area contributed by atoms with Gasteiger partial charge >= 0.3 is 6.18 Å². The molecule has 0 radical (unpaired) electrons. The van der Waals surface area contributed by atoms with Gasteiger partial charge in [-0.05, 0) is 38.0 Å². The lowest BCUT2D eigenvalue weighted by atomic mass is 10.1. The molecule has 2 aromatic rings. The number of anilines is 1. The minimum Gasteiger partial charge on any atom is -0.368 e. The first-order valence-electron chi connectivity index (χ1n) is 10.1. The Hall–Kier alpha value is -2.23. The van der Waals surface area contributed by atoms with Crippen molar-refractivity contribution in [2.75, 3.05) is 36.8 Å². The molecule has 4 rings (SSSR count). The van der Waals surface area contributed by atoms with Crippen molar-refractivity contribution >= 4 is 23.4 Å². The average Bonchev–Trinajstić information content (AvgIpc) is 3.51. The number of carbonyl (C=O) groups excluding carboxylic acids is 1. The maximum Gasteiger partial charge on any atom is 0.416 e. The predicted molar refractivity (Wildman–Crippen MR) is 109 cm³/mol. The first-order valence-corrected chi connectivity index (χ1v) is 11.1. The first-order chi connectivity index (χ1) is 14.4. The lowest BCUT2D eigenvalue weighted by Crippen LogP contribution is -2.49. The molecule has 0 atom stereocenters. The summed E-state index contributed by atoms with van der Waals surface area (Å²) in [5.74, 6) is 1.82. The summed E-state index contributed by atoms with van der Waals surface area (Å²) in [6, 6.07) is 5.34. The number of hydrogen-bond donors (Lipinski definition) is 0. The summed E-state index contributed by atoms with van der Waals surface area (Å²) >= 11 is 1.40. The number of benzene rings is 1. The Balaban J connectivity index is 1.31. The number of alkyl halides is 3. The fourth-order valence-electron chi connectivity index (χ4n) is 3.66. The maximum absolute atomic E-state index is 12.9. The number of hydrogen-bond acceptors (Lipinski definition) is 5. The highest BCUT2D eigenvalue weighted by atomic mass is 32.2. The van der Waals surface area contributed by atoms with Gasteiger partial charge in [0, 0.05) is 44.3 Å². The Morgan fingerprint density at radius 2 is 1.90 bits per heavy atom. The molecule has 6 nitrogen and oxygen atoms in total. The van der Waals surface area contributed by atoms with Crippen molar-refractivity contribution in [1.82, 2.24) is 19.7 Å². The number of carbonyl (C=O) groups is 1. The van der Waals surface area contributed by atoms with Gasteiger partial charge in [-0.3, -0.25) is 4.79 Å². The van der Waals surface area contributed by atoms with Crippen LogP contribution in [-0.4, -0.2) is 57.5 Å². The summed E-state index contributed by atoms with van der Waals surface area (Å²) in [5, 5.41) is 9.31. The van der Waals surface area contributed by atoms with Crippen molar-refractivity contribution in [2.24, 2.45) is 0 Å². The van der Waals surface area contributed by atoms with Crippen LogP contribution < -0.4 is 4.90 Å². The molecule has 1 aromatic carbocycles. The highest BCUT2D eigenvalue weighted by Gasteiger charge is 2.32. The highest BCUT2D eigenvalue weighted by Crippen LogP contribution is 2.40. The SMILES string of the molecule is CCn1c(SCC(=O)N2CCN(c3cccc(C(F)(F)F)c3)CC2)nnc1C1CC1. The predicted octanol–water partition coefficient (Wildman–Crippen LogP) is 3.64. The van der Waals surface area contributed by atoms with Gasteiger partial charge in [0.1, 0.15) is 5.82 Å². The third kappa shape index (κ3) is 4.58. The summed E-state index contributed by atoms with van der Waals surface area (Å²) < 4.78 is 40.9. The van der Waals surface area contributed by atoms with E-state index in [2.05, 4.69) is 14.8 Å². The van der Waals surface area contributed by atoms with Crippen LogP contribution in [0.1, 0.15) is 37.1 Å². The van der Waals surface area contributed by atoms with Crippen LogP contribution in [0.3, 0.4) is 0 Å². The van der Waals surface area contributed by atoms with Crippen molar-refractivity contribution in [3.05, 3.63) is 35.7 Å². The number of nitrogens with zero attached hydrogens (tertiary/aromatic N) is 5. The zero-order chi connectivity index (χ0) is 21.3. The van der Waals surface area contributed by atoms with Gasteiger partial charge < -0.3 is 14.4 Å². The van der Waals surface area contributed by atoms with Crippen LogP contribution in [0.2, 0.25) is 0 Å². The number of amides is 1. The summed E-state index contributed by atoms with van der Waals surface area (Å²) in [6.45, 7) is 4.83. The van der Waals surface area contributed by atoms with Gasteiger partial charge in [0.05, 0.1) is 11.3 Å². The zero-order valence-electron chi connectivity index (χ0n) is 16.7. The quantitative estimate of drug-likeness (QED) is 0.644. The van der Waals surface area contributed by atoms with Crippen LogP contribution in [0, 0.1) is 0 Å². The molecule has 2 fully saturated rings. The van der Waals surface area contributed by atoms with Crippen molar-refractivity contribution in [3.63, 3.8) is 0 Å². The van der Waals surface area contributed by atoms with Crippen molar-refractivity contribution in [1.29, 1.82) is 0 Å². The van der Waals surface area contributed by atoms with Gasteiger partial charge in [0.25, 0.3) is 0 Å². The lowest BCUT2D eigenvalue weighted by molar-refractivity contribution is -0.137. The van der Waals surface area contributed by atoms with E-state index in [0.717, 1.165) is 36.4 Å². The highest BCUT2D eigenvalue weighted by molar-refractivity contribution is 7.99. The van der Waals surface area contributed by atoms with E-state index in [1.807, 2.05) is 11.8 Å². The third-order valence-corrected chi connectivity index (χ3v) is 6.45. The van der Waals surface area contributed by atoms with Crippen molar-refractivity contribution in [2.45, 2.75) is 43.6 Å². The van der Waals surface area contributed by atoms with E-state index in [9.17, 15) is 18.0 Å². The van der Waals surface area contributed by atoms with Crippen LogP contribution in [0.5, 0.6) is 0 Å². The molecule has 1 aliphatic heterocycles. The molecule has 2 aliphatic rings. The second-order valence-electron chi connectivity index (χ2n) is 7.56. The molecule has 1 amide bonds. The van der Waals surface area contributed by atoms with E-state index in [0.29, 0.717) is 37.8 Å². The summed E-state index contributed by atoms with van der Waals surface area (Å²) in [6.07, 6.45) is -2.06. The molecular formula is C20H24F3N5OS. The second kappa shape index (κ2) is 8.49. The normalized spacial score (nSPS) is 17.5. The molecular weight excluding hydrogens is 415 g/mol. The number of halogens is 3. The average molecular weight is 440 g/mol. The van der Waals surface area contributed by atoms with Crippen LogP contribution in [0.4, 0.5) is 18.9 Å². The smallest absolute Gasteiger partial charge is 0.368 e. The van der Waals surface area contributed by atoms with Gasteiger partial charge in [0.2, 0.25) is 5.91 Å². The molecule has 0 spiro atoms. The maximum atomic E-state index is 12.9. The van der Waals surface area contributed by atoms with Crippen molar-refractivity contribution < 1.29 is 18.0 Å². The van der Waals surface area contributed by atoms with Crippen LogP contribution in [0.25, 0.3) is 0 Å². The Kier molecular flexibility index (Phi) is 5.95. The summed E-state index contributed by atoms with van der Waals surface area (Å²) in [5.41, 5.74) is -0.115. The van der Waals surface area contributed by atoms with Gasteiger partial charge in [-0.2, -0.15) is 13.2 Å². The molecule has 1 saturated heterocycles. The molecule has 0 bridgehead atoms. The molecule has 1 aliphatic carbocycles. The largest absolute Gasteiger partial charge is 0.416 e. The molecule has 1 saturated carbocycles. The zero-order valence-corrected chi connectivity index (χ0v) is 17.5. The minimum atomic E-state index is -4.36. The lowest BCUT2D eigenvalue weighted by Gasteiger charge is -2.36. The van der Waals surface area contributed by atoms with Gasteiger partial charge in [-0.15, -0.1) is 10.2 Å². The molecule has 0 unspecified atom stereocenters.